The second-order valence-electron chi connectivity index (χ2n) is 4.12. The fraction of sp³-hybridized carbons (Fsp3) is 0.333. The molecule has 0 saturated carbocycles. The molecule has 0 radical (unpaired) electrons. The summed E-state index contributed by atoms with van der Waals surface area (Å²) in [7, 11) is 0. The highest BCUT2D eigenvalue weighted by Gasteiger charge is 2.42. The van der Waals surface area contributed by atoms with Crippen LogP contribution in [0.1, 0.15) is 12.0 Å². The number of hydrogen-bond acceptors (Lipinski definition) is 4. The summed E-state index contributed by atoms with van der Waals surface area (Å²) in [5.41, 5.74) is -0.196. The summed E-state index contributed by atoms with van der Waals surface area (Å²) in [5.74, 6) is -0.958. The van der Waals surface area contributed by atoms with Crippen LogP contribution in [0.25, 0.3) is 0 Å². The van der Waals surface area contributed by atoms with E-state index in [2.05, 4.69) is 5.32 Å². The minimum Gasteiger partial charge on any atom is -0.479 e. The lowest BCUT2D eigenvalue weighted by molar-refractivity contribution is -0.142. The molecule has 1 aliphatic heterocycles. The fourth-order valence-electron chi connectivity index (χ4n) is 1.85. The molecule has 5 nitrogen and oxygen atoms in total. The number of benzene rings is 1. The summed E-state index contributed by atoms with van der Waals surface area (Å²) in [5, 5.41) is 21.3. The Labute approximate surface area is 109 Å². The van der Waals surface area contributed by atoms with Gasteiger partial charge in [-0.05, 0) is 18.2 Å². The smallest absolute Gasteiger partial charge is 0.331 e. The van der Waals surface area contributed by atoms with Crippen LogP contribution < -0.4 is 5.32 Å². The molecule has 0 aromatic heterocycles. The molecule has 18 heavy (non-hydrogen) atoms. The quantitative estimate of drug-likeness (QED) is 0.873. The topological polar surface area (TPSA) is 82.4 Å². The Morgan fingerprint density at radius 2 is 2.39 bits per heavy atom. The van der Waals surface area contributed by atoms with Gasteiger partial charge in [-0.1, -0.05) is 11.6 Å². The highest BCUT2D eigenvalue weighted by molar-refractivity contribution is 6.32. The number of anilines is 1. The van der Waals surface area contributed by atoms with E-state index in [0.717, 1.165) is 0 Å². The van der Waals surface area contributed by atoms with Crippen molar-refractivity contribution in [1.29, 1.82) is 5.26 Å². The van der Waals surface area contributed by atoms with Crippen molar-refractivity contribution in [3.8, 4) is 6.07 Å². The fourth-order valence-corrected chi connectivity index (χ4v) is 2.07. The Morgan fingerprint density at radius 1 is 1.61 bits per heavy atom. The zero-order chi connectivity index (χ0) is 13.2. The predicted molar refractivity (Wildman–Crippen MR) is 65.6 cm³/mol. The van der Waals surface area contributed by atoms with Crippen LogP contribution >= 0.6 is 11.6 Å². The summed E-state index contributed by atoms with van der Waals surface area (Å²) in [4.78, 5) is 11.3. The SMILES string of the molecule is N#Cc1ccc(NC2(C(=O)O)CCOC2)cc1Cl. The number of ether oxygens (including phenoxy) is 1. The average Bonchev–Trinajstić information content (AvgIpc) is 2.79. The lowest BCUT2D eigenvalue weighted by Crippen LogP contribution is -2.47. The Hall–Kier alpha value is -1.77. The Balaban J connectivity index is 2.25. The first-order valence-electron chi connectivity index (χ1n) is 5.36. The van der Waals surface area contributed by atoms with E-state index in [-0.39, 0.29) is 6.61 Å². The van der Waals surface area contributed by atoms with Crippen molar-refractivity contribution >= 4 is 23.3 Å². The van der Waals surface area contributed by atoms with Crippen LogP contribution in [-0.4, -0.2) is 29.8 Å². The largest absolute Gasteiger partial charge is 0.479 e. The Kier molecular flexibility index (Phi) is 3.41. The second-order valence-corrected chi connectivity index (χ2v) is 4.53. The third kappa shape index (κ3) is 2.26. The molecule has 0 amide bonds. The summed E-state index contributed by atoms with van der Waals surface area (Å²) in [6.45, 7) is 0.517. The molecular formula is C12H11ClN2O3. The van der Waals surface area contributed by atoms with Crippen molar-refractivity contribution in [2.24, 2.45) is 0 Å². The third-order valence-corrected chi connectivity index (χ3v) is 3.22. The number of nitrogens with one attached hydrogen (secondary N) is 1. The maximum Gasteiger partial charge on any atom is 0.331 e. The van der Waals surface area contributed by atoms with Gasteiger partial charge in [0.25, 0.3) is 0 Å². The van der Waals surface area contributed by atoms with E-state index >= 15 is 0 Å². The van der Waals surface area contributed by atoms with Crippen LogP contribution in [-0.2, 0) is 9.53 Å². The molecule has 2 rings (SSSR count). The molecule has 1 aromatic rings. The molecule has 1 aliphatic rings. The molecule has 1 aromatic carbocycles. The molecule has 1 unspecified atom stereocenters. The van der Waals surface area contributed by atoms with Gasteiger partial charge in [-0.25, -0.2) is 4.79 Å². The number of rotatable bonds is 3. The summed E-state index contributed by atoms with van der Waals surface area (Å²) >= 11 is 5.90. The molecular weight excluding hydrogens is 256 g/mol. The lowest BCUT2D eigenvalue weighted by Gasteiger charge is -2.25. The van der Waals surface area contributed by atoms with Crippen molar-refractivity contribution in [2.45, 2.75) is 12.0 Å². The molecule has 0 spiro atoms. The van der Waals surface area contributed by atoms with Crippen molar-refractivity contribution < 1.29 is 14.6 Å². The Morgan fingerprint density at radius 3 is 2.89 bits per heavy atom. The molecule has 0 aliphatic carbocycles. The van der Waals surface area contributed by atoms with Gasteiger partial charge in [-0.2, -0.15) is 5.26 Å². The lowest BCUT2D eigenvalue weighted by atomic mass is 9.98. The van der Waals surface area contributed by atoms with Gasteiger partial charge in [0.2, 0.25) is 0 Å². The normalized spacial score (nSPS) is 22.4. The standard InChI is InChI=1S/C12H11ClN2O3/c13-10-5-9(2-1-8(10)6-14)15-12(11(16)17)3-4-18-7-12/h1-2,5,15H,3-4,7H2,(H,16,17). The van der Waals surface area contributed by atoms with Gasteiger partial charge in [0.15, 0.2) is 5.54 Å². The van der Waals surface area contributed by atoms with Gasteiger partial charge in [0, 0.05) is 18.7 Å². The summed E-state index contributed by atoms with van der Waals surface area (Å²) < 4.78 is 5.14. The van der Waals surface area contributed by atoms with Gasteiger partial charge in [-0.3, -0.25) is 0 Å². The number of carboxylic acids is 1. The van der Waals surface area contributed by atoms with Crippen LogP contribution in [0.2, 0.25) is 5.02 Å². The van der Waals surface area contributed by atoms with E-state index < -0.39 is 11.5 Å². The molecule has 1 fully saturated rings. The van der Waals surface area contributed by atoms with Crippen LogP contribution in [0.15, 0.2) is 18.2 Å². The van der Waals surface area contributed by atoms with Gasteiger partial charge in [-0.15, -0.1) is 0 Å². The monoisotopic (exact) mass is 266 g/mol. The highest BCUT2D eigenvalue weighted by atomic mass is 35.5. The number of nitrogens with zero attached hydrogens (tertiary/aromatic N) is 1. The molecule has 6 heteroatoms. The first-order chi connectivity index (χ1) is 8.57. The molecule has 1 saturated heterocycles. The van der Waals surface area contributed by atoms with Gasteiger partial charge in [0.05, 0.1) is 17.2 Å². The van der Waals surface area contributed by atoms with Crippen molar-refractivity contribution in [3.05, 3.63) is 28.8 Å². The van der Waals surface area contributed by atoms with E-state index in [0.29, 0.717) is 29.3 Å². The van der Waals surface area contributed by atoms with Gasteiger partial charge >= 0.3 is 5.97 Å². The predicted octanol–water partition coefficient (Wildman–Crippen LogP) is 1.87. The van der Waals surface area contributed by atoms with E-state index in [1.165, 1.54) is 0 Å². The summed E-state index contributed by atoms with van der Waals surface area (Å²) in [6.07, 6.45) is 0.389. The number of hydrogen-bond donors (Lipinski definition) is 2. The van der Waals surface area contributed by atoms with Crippen LogP contribution in [0.5, 0.6) is 0 Å². The number of aliphatic carboxylic acids is 1. The third-order valence-electron chi connectivity index (χ3n) is 2.90. The molecule has 0 bridgehead atoms. The number of halogens is 1. The van der Waals surface area contributed by atoms with E-state index in [1.54, 1.807) is 18.2 Å². The van der Waals surface area contributed by atoms with Crippen LogP contribution in [0.3, 0.4) is 0 Å². The van der Waals surface area contributed by atoms with E-state index in [9.17, 15) is 9.90 Å². The van der Waals surface area contributed by atoms with Crippen LogP contribution in [0.4, 0.5) is 5.69 Å². The van der Waals surface area contributed by atoms with Crippen LogP contribution in [0, 0.1) is 11.3 Å². The van der Waals surface area contributed by atoms with E-state index in [1.807, 2.05) is 6.07 Å². The van der Waals surface area contributed by atoms with E-state index in [4.69, 9.17) is 21.6 Å². The minimum atomic E-state index is -1.11. The molecule has 1 atom stereocenters. The zero-order valence-corrected chi connectivity index (χ0v) is 10.2. The zero-order valence-electron chi connectivity index (χ0n) is 9.44. The first kappa shape index (κ1) is 12.7. The van der Waals surface area contributed by atoms with Gasteiger partial charge in [0.1, 0.15) is 6.07 Å². The number of carboxylic acid groups (broad SMARTS) is 1. The summed E-state index contributed by atoms with van der Waals surface area (Å²) in [6, 6.07) is 6.68. The van der Waals surface area contributed by atoms with Crippen molar-refractivity contribution in [3.63, 3.8) is 0 Å². The van der Waals surface area contributed by atoms with Gasteiger partial charge < -0.3 is 15.2 Å². The molecule has 1 heterocycles. The number of carbonyl (C=O) groups is 1. The maximum atomic E-state index is 11.3. The second kappa shape index (κ2) is 4.84. The van der Waals surface area contributed by atoms with Crippen molar-refractivity contribution in [2.75, 3.05) is 18.5 Å². The van der Waals surface area contributed by atoms with Crippen molar-refractivity contribution in [1.82, 2.24) is 0 Å². The molecule has 94 valence electrons. The molecule has 2 N–H and O–H groups in total. The highest BCUT2D eigenvalue weighted by Crippen LogP contribution is 2.27. The number of nitriles is 1. The maximum absolute atomic E-state index is 11.3. The Bertz CT molecular complexity index is 519. The minimum absolute atomic E-state index is 0.111. The average molecular weight is 267 g/mol. The first-order valence-corrected chi connectivity index (χ1v) is 5.74.